The monoisotopic (exact) mass is 178 g/mol. The Morgan fingerprint density at radius 1 is 1.46 bits per heavy atom. The van der Waals surface area contributed by atoms with Gasteiger partial charge in [-0.3, -0.25) is 0 Å². The van der Waals surface area contributed by atoms with E-state index in [9.17, 15) is 0 Å². The molecule has 1 atom stereocenters. The van der Waals surface area contributed by atoms with E-state index in [0.717, 1.165) is 0 Å². The zero-order valence-electron chi connectivity index (χ0n) is 9.48. The smallest absolute Gasteiger partial charge is 0.0225 e. The molecule has 0 heteroatoms. The van der Waals surface area contributed by atoms with Crippen molar-refractivity contribution in [3.05, 3.63) is 23.3 Å². The van der Waals surface area contributed by atoms with E-state index < -0.39 is 0 Å². The standard InChI is InChI=1S/C13H22/c1-5-7-12-10-13(4,6-2)9-8-11(12)3/h5,7H,6,8-10H2,1-4H3/b7-5-. The first-order valence-corrected chi connectivity index (χ1v) is 5.42. The van der Waals surface area contributed by atoms with Crippen LogP contribution in [-0.2, 0) is 0 Å². The second-order valence-electron chi connectivity index (χ2n) is 4.65. The molecular weight excluding hydrogens is 156 g/mol. The SMILES string of the molecule is C/C=C\C1=C(C)CCC(C)(CC)C1. The summed E-state index contributed by atoms with van der Waals surface area (Å²) in [6, 6.07) is 0. The van der Waals surface area contributed by atoms with E-state index in [4.69, 9.17) is 0 Å². The van der Waals surface area contributed by atoms with Crippen molar-refractivity contribution >= 4 is 0 Å². The Kier molecular flexibility index (Phi) is 3.35. The zero-order chi connectivity index (χ0) is 9.90. The lowest BCUT2D eigenvalue weighted by Gasteiger charge is -2.34. The van der Waals surface area contributed by atoms with Crippen molar-refractivity contribution in [2.45, 2.75) is 53.4 Å². The molecule has 13 heavy (non-hydrogen) atoms. The Bertz CT molecular complexity index is 232. The fraction of sp³-hybridized carbons (Fsp3) is 0.692. The molecule has 1 unspecified atom stereocenters. The summed E-state index contributed by atoms with van der Waals surface area (Å²) in [5.41, 5.74) is 3.75. The molecule has 74 valence electrons. The summed E-state index contributed by atoms with van der Waals surface area (Å²) >= 11 is 0. The minimum atomic E-state index is 0.564. The molecule has 0 bridgehead atoms. The fourth-order valence-electron chi connectivity index (χ4n) is 2.05. The summed E-state index contributed by atoms with van der Waals surface area (Å²) in [5.74, 6) is 0. The Balaban J connectivity index is 2.81. The van der Waals surface area contributed by atoms with Crippen LogP contribution in [0.3, 0.4) is 0 Å². The van der Waals surface area contributed by atoms with Crippen LogP contribution in [0.1, 0.15) is 53.4 Å². The van der Waals surface area contributed by atoms with Crippen molar-refractivity contribution in [3.8, 4) is 0 Å². The maximum absolute atomic E-state index is 2.42. The highest BCUT2D eigenvalue weighted by atomic mass is 14.3. The van der Waals surface area contributed by atoms with Gasteiger partial charge in [-0.05, 0) is 44.1 Å². The lowest BCUT2D eigenvalue weighted by atomic mass is 9.71. The molecule has 1 rings (SSSR count). The third kappa shape index (κ3) is 2.46. The van der Waals surface area contributed by atoms with Crippen LogP contribution in [0.2, 0.25) is 0 Å². The highest BCUT2D eigenvalue weighted by molar-refractivity contribution is 5.28. The normalized spacial score (nSPS) is 30.2. The average molecular weight is 178 g/mol. The second-order valence-corrected chi connectivity index (χ2v) is 4.65. The minimum absolute atomic E-state index is 0.564. The topological polar surface area (TPSA) is 0 Å². The maximum Gasteiger partial charge on any atom is -0.0225 e. The van der Waals surface area contributed by atoms with E-state index in [0.29, 0.717) is 5.41 Å². The number of rotatable bonds is 2. The Morgan fingerprint density at radius 3 is 2.69 bits per heavy atom. The van der Waals surface area contributed by atoms with Crippen LogP contribution in [0.4, 0.5) is 0 Å². The molecule has 0 fully saturated rings. The van der Waals surface area contributed by atoms with Gasteiger partial charge in [0.2, 0.25) is 0 Å². The highest BCUT2D eigenvalue weighted by Crippen LogP contribution is 2.41. The molecule has 1 aliphatic rings. The molecule has 1 aliphatic carbocycles. The van der Waals surface area contributed by atoms with Gasteiger partial charge in [-0.25, -0.2) is 0 Å². The van der Waals surface area contributed by atoms with E-state index in [1.165, 1.54) is 25.7 Å². The lowest BCUT2D eigenvalue weighted by molar-refractivity contribution is 0.269. The van der Waals surface area contributed by atoms with E-state index in [2.05, 4.69) is 39.8 Å². The average Bonchev–Trinajstić information content (AvgIpc) is 2.12. The lowest BCUT2D eigenvalue weighted by Crippen LogP contribution is -2.20. The van der Waals surface area contributed by atoms with Crippen LogP contribution in [-0.4, -0.2) is 0 Å². The van der Waals surface area contributed by atoms with Crippen LogP contribution >= 0.6 is 0 Å². The van der Waals surface area contributed by atoms with Crippen molar-refractivity contribution in [1.82, 2.24) is 0 Å². The summed E-state index contributed by atoms with van der Waals surface area (Å²) in [5, 5.41) is 0. The van der Waals surface area contributed by atoms with Gasteiger partial charge in [0.15, 0.2) is 0 Å². The van der Waals surface area contributed by atoms with Gasteiger partial charge in [-0.2, -0.15) is 0 Å². The van der Waals surface area contributed by atoms with Crippen molar-refractivity contribution in [2.24, 2.45) is 5.41 Å². The van der Waals surface area contributed by atoms with Crippen LogP contribution in [0.5, 0.6) is 0 Å². The fourth-order valence-corrected chi connectivity index (χ4v) is 2.05. The van der Waals surface area contributed by atoms with Crippen molar-refractivity contribution in [2.75, 3.05) is 0 Å². The molecule has 0 N–H and O–H groups in total. The summed E-state index contributed by atoms with van der Waals surface area (Å²) in [6.45, 7) is 9.12. The van der Waals surface area contributed by atoms with Crippen LogP contribution in [0, 0.1) is 5.41 Å². The van der Waals surface area contributed by atoms with Crippen molar-refractivity contribution in [1.29, 1.82) is 0 Å². The molecule has 0 saturated heterocycles. The molecule has 0 amide bonds. The molecule has 0 aliphatic heterocycles. The number of hydrogen-bond acceptors (Lipinski definition) is 0. The van der Waals surface area contributed by atoms with Gasteiger partial charge in [-0.1, -0.05) is 38.0 Å². The predicted molar refractivity (Wildman–Crippen MR) is 59.8 cm³/mol. The van der Waals surface area contributed by atoms with Gasteiger partial charge in [0.1, 0.15) is 0 Å². The molecule has 0 nitrogen and oxygen atoms in total. The summed E-state index contributed by atoms with van der Waals surface area (Å²) in [6.07, 6.45) is 9.71. The zero-order valence-corrected chi connectivity index (χ0v) is 9.48. The molecular formula is C13H22. The first-order valence-electron chi connectivity index (χ1n) is 5.42. The first kappa shape index (κ1) is 10.6. The number of allylic oxidation sites excluding steroid dienone is 4. The third-order valence-electron chi connectivity index (χ3n) is 3.49. The van der Waals surface area contributed by atoms with Gasteiger partial charge < -0.3 is 0 Å². The van der Waals surface area contributed by atoms with E-state index in [-0.39, 0.29) is 0 Å². The first-order chi connectivity index (χ1) is 6.11. The quantitative estimate of drug-likeness (QED) is 0.585. The van der Waals surface area contributed by atoms with Gasteiger partial charge in [0, 0.05) is 0 Å². The Hall–Kier alpha value is -0.520. The van der Waals surface area contributed by atoms with Gasteiger partial charge >= 0.3 is 0 Å². The molecule has 0 saturated carbocycles. The van der Waals surface area contributed by atoms with Gasteiger partial charge in [0.05, 0.1) is 0 Å². The molecule has 0 heterocycles. The molecule has 0 radical (unpaired) electrons. The molecule has 0 aromatic heterocycles. The highest BCUT2D eigenvalue weighted by Gasteiger charge is 2.27. The van der Waals surface area contributed by atoms with Crippen molar-refractivity contribution < 1.29 is 0 Å². The van der Waals surface area contributed by atoms with E-state index in [1.807, 2.05) is 0 Å². The summed E-state index contributed by atoms with van der Waals surface area (Å²) in [7, 11) is 0. The largest absolute Gasteiger partial charge is 0.0874 e. The van der Waals surface area contributed by atoms with Gasteiger partial charge in [0.25, 0.3) is 0 Å². The molecule has 0 aromatic carbocycles. The van der Waals surface area contributed by atoms with E-state index in [1.54, 1.807) is 11.1 Å². The number of hydrogen-bond donors (Lipinski definition) is 0. The van der Waals surface area contributed by atoms with E-state index >= 15 is 0 Å². The van der Waals surface area contributed by atoms with Crippen LogP contribution < -0.4 is 0 Å². The van der Waals surface area contributed by atoms with Crippen LogP contribution in [0.25, 0.3) is 0 Å². The Labute approximate surface area is 82.7 Å². The van der Waals surface area contributed by atoms with Crippen LogP contribution in [0.15, 0.2) is 23.3 Å². The molecule has 0 aromatic rings. The summed E-state index contributed by atoms with van der Waals surface area (Å²) < 4.78 is 0. The molecule has 0 spiro atoms. The predicted octanol–water partition coefficient (Wildman–Crippen LogP) is 4.48. The Morgan fingerprint density at radius 2 is 2.15 bits per heavy atom. The summed E-state index contributed by atoms with van der Waals surface area (Å²) in [4.78, 5) is 0. The second kappa shape index (κ2) is 4.13. The maximum atomic E-state index is 2.42. The van der Waals surface area contributed by atoms with Gasteiger partial charge in [-0.15, -0.1) is 0 Å². The minimum Gasteiger partial charge on any atom is -0.0874 e. The third-order valence-corrected chi connectivity index (χ3v) is 3.49. The van der Waals surface area contributed by atoms with Crippen molar-refractivity contribution in [3.63, 3.8) is 0 Å².